The number of carbonyl (C=O) groups is 1. The summed E-state index contributed by atoms with van der Waals surface area (Å²) in [7, 11) is 0. The number of imidazole rings is 1. The van der Waals surface area contributed by atoms with Crippen LogP contribution in [-0.2, 0) is 17.9 Å². The maximum Gasteiger partial charge on any atom is 0.228 e. The number of nitrogens with zero attached hydrogens (tertiary/aromatic N) is 3. The number of amides is 1. The van der Waals surface area contributed by atoms with Crippen molar-refractivity contribution < 1.29 is 4.79 Å². The molecule has 0 saturated heterocycles. The van der Waals surface area contributed by atoms with Gasteiger partial charge in [-0.25, -0.2) is 4.98 Å². The van der Waals surface area contributed by atoms with Gasteiger partial charge in [0, 0.05) is 24.7 Å². The van der Waals surface area contributed by atoms with E-state index in [0.29, 0.717) is 6.54 Å². The first-order chi connectivity index (χ1) is 6.98. The fraction of sp³-hybridized carbons (Fsp3) is 0.636. The summed E-state index contributed by atoms with van der Waals surface area (Å²) in [5, 5.41) is 0. The van der Waals surface area contributed by atoms with Crippen LogP contribution in [0.4, 0.5) is 0 Å². The summed E-state index contributed by atoms with van der Waals surface area (Å²) >= 11 is 0. The third-order valence-corrected chi connectivity index (χ3v) is 2.69. The predicted octanol–water partition coefficient (Wildman–Crippen LogP) is 1.27. The van der Waals surface area contributed by atoms with Crippen molar-refractivity contribution in [1.82, 2.24) is 14.5 Å². The van der Waals surface area contributed by atoms with Gasteiger partial charge in [-0.1, -0.05) is 20.8 Å². The van der Waals surface area contributed by atoms with Gasteiger partial charge in [0.1, 0.15) is 0 Å². The molecular formula is C11H17N3O. The summed E-state index contributed by atoms with van der Waals surface area (Å²) in [5.41, 5.74) is 0.834. The Balaban J connectivity index is 2.14. The van der Waals surface area contributed by atoms with Gasteiger partial charge in [-0.3, -0.25) is 4.79 Å². The van der Waals surface area contributed by atoms with E-state index in [0.717, 1.165) is 18.8 Å². The zero-order valence-corrected chi connectivity index (χ0v) is 9.53. The zero-order valence-electron chi connectivity index (χ0n) is 9.53. The number of fused-ring (bicyclic) bond motifs is 1. The molecule has 0 aromatic carbocycles. The minimum atomic E-state index is -0.289. The van der Waals surface area contributed by atoms with Crippen LogP contribution in [0.15, 0.2) is 12.5 Å². The first-order valence-corrected chi connectivity index (χ1v) is 5.27. The Morgan fingerprint density at radius 3 is 2.80 bits per heavy atom. The van der Waals surface area contributed by atoms with E-state index >= 15 is 0 Å². The molecule has 1 aliphatic rings. The van der Waals surface area contributed by atoms with Crippen molar-refractivity contribution in [2.24, 2.45) is 5.41 Å². The molecule has 2 rings (SSSR count). The number of hydrogen-bond donors (Lipinski definition) is 0. The highest BCUT2D eigenvalue weighted by Crippen LogP contribution is 2.21. The quantitative estimate of drug-likeness (QED) is 0.642. The summed E-state index contributed by atoms with van der Waals surface area (Å²) in [6.45, 7) is 8.22. The lowest BCUT2D eigenvalue weighted by Crippen LogP contribution is -2.43. The first kappa shape index (κ1) is 10.2. The molecule has 82 valence electrons. The molecular weight excluding hydrogens is 190 g/mol. The van der Waals surface area contributed by atoms with Crippen LogP contribution in [0.3, 0.4) is 0 Å². The molecule has 0 fully saturated rings. The molecule has 4 heteroatoms. The molecule has 1 amide bonds. The Bertz CT molecular complexity index is 375. The van der Waals surface area contributed by atoms with Crippen LogP contribution in [0, 0.1) is 5.41 Å². The Kier molecular flexibility index (Phi) is 2.29. The standard InChI is InChI=1S/C11H17N3O/c1-11(2,3)10(15)13-4-5-14-8-12-6-9(14)7-13/h6,8H,4-5,7H2,1-3H3. The van der Waals surface area contributed by atoms with Crippen molar-refractivity contribution >= 4 is 5.91 Å². The van der Waals surface area contributed by atoms with E-state index in [-0.39, 0.29) is 11.3 Å². The number of hydrogen-bond acceptors (Lipinski definition) is 2. The van der Waals surface area contributed by atoms with Gasteiger partial charge in [0.15, 0.2) is 0 Å². The third kappa shape index (κ3) is 1.89. The normalized spacial score (nSPS) is 16.3. The highest BCUT2D eigenvalue weighted by atomic mass is 16.2. The molecule has 2 heterocycles. The summed E-state index contributed by atoms with van der Waals surface area (Å²) in [5.74, 6) is 0.218. The van der Waals surface area contributed by atoms with Crippen LogP contribution in [0.2, 0.25) is 0 Å². The molecule has 1 aromatic rings. The van der Waals surface area contributed by atoms with E-state index in [9.17, 15) is 4.79 Å². The van der Waals surface area contributed by atoms with Gasteiger partial charge >= 0.3 is 0 Å². The Morgan fingerprint density at radius 2 is 2.13 bits per heavy atom. The van der Waals surface area contributed by atoms with Gasteiger partial charge in [0.05, 0.1) is 18.6 Å². The minimum Gasteiger partial charge on any atom is -0.335 e. The van der Waals surface area contributed by atoms with Crippen LogP contribution < -0.4 is 0 Å². The van der Waals surface area contributed by atoms with Gasteiger partial charge < -0.3 is 9.47 Å². The SMILES string of the molecule is CC(C)(C)C(=O)N1CCn2cncc2C1. The second-order valence-electron chi connectivity index (χ2n) is 5.06. The Morgan fingerprint density at radius 1 is 1.40 bits per heavy atom. The van der Waals surface area contributed by atoms with Crippen molar-refractivity contribution in [2.45, 2.75) is 33.9 Å². The van der Waals surface area contributed by atoms with Gasteiger partial charge in [0.2, 0.25) is 5.91 Å². The molecule has 0 N–H and O–H groups in total. The Hall–Kier alpha value is -1.32. The first-order valence-electron chi connectivity index (χ1n) is 5.27. The number of carbonyl (C=O) groups excluding carboxylic acids is 1. The number of aromatic nitrogens is 2. The molecule has 15 heavy (non-hydrogen) atoms. The van der Waals surface area contributed by atoms with Gasteiger partial charge in [-0.05, 0) is 0 Å². The van der Waals surface area contributed by atoms with Gasteiger partial charge in [-0.2, -0.15) is 0 Å². The van der Waals surface area contributed by atoms with Crippen molar-refractivity contribution in [3.63, 3.8) is 0 Å². The second-order valence-corrected chi connectivity index (χ2v) is 5.06. The minimum absolute atomic E-state index is 0.218. The van der Waals surface area contributed by atoms with E-state index in [1.54, 1.807) is 0 Å². The molecule has 4 nitrogen and oxygen atoms in total. The van der Waals surface area contributed by atoms with Crippen molar-refractivity contribution in [3.8, 4) is 0 Å². The molecule has 1 aliphatic heterocycles. The van der Waals surface area contributed by atoms with Crippen molar-refractivity contribution in [3.05, 3.63) is 18.2 Å². The largest absolute Gasteiger partial charge is 0.335 e. The molecule has 0 spiro atoms. The second kappa shape index (κ2) is 3.36. The fourth-order valence-electron chi connectivity index (χ4n) is 1.83. The summed E-state index contributed by atoms with van der Waals surface area (Å²) in [6, 6.07) is 0. The maximum absolute atomic E-state index is 12.0. The molecule has 0 unspecified atom stereocenters. The average molecular weight is 207 g/mol. The summed E-state index contributed by atoms with van der Waals surface area (Å²) in [4.78, 5) is 18.0. The molecule has 0 atom stereocenters. The van der Waals surface area contributed by atoms with Gasteiger partial charge in [0.25, 0.3) is 0 Å². The number of rotatable bonds is 0. The van der Waals surface area contributed by atoms with E-state index in [1.807, 2.05) is 38.2 Å². The van der Waals surface area contributed by atoms with Crippen molar-refractivity contribution in [1.29, 1.82) is 0 Å². The van der Waals surface area contributed by atoms with Crippen LogP contribution >= 0.6 is 0 Å². The molecule has 0 radical (unpaired) electrons. The lowest BCUT2D eigenvalue weighted by molar-refractivity contribution is -0.140. The highest BCUT2D eigenvalue weighted by molar-refractivity contribution is 5.81. The summed E-state index contributed by atoms with van der Waals surface area (Å²) < 4.78 is 2.10. The van der Waals surface area contributed by atoms with Crippen LogP contribution in [0.5, 0.6) is 0 Å². The monoisotopic (exact) mass is 207 g/mol. The van der Waals surface area contributed by atoms with Gasteiger partial charge in [-0.15, -0.1) is 0 Å². The smallest absolute Gasteiger partial charge is 0.228 e. The summed E-state index contributed by atoms with van der Waals surface area (Å²) in [6.07, 6.45) is 3.66. The third-order valence-electron chi connectivity index (χ3n) is 2.69. The topological polar surface area (TPSA) is 38.1 Å². The maximum atomic E-state index is 12.0. The fourth-order valence-corrected chi connectivity index (χ4v) is 1.83. The predicted molar refractivity (Wildman–Crippen MR) is 57.1 cm³/mol. The highest BCUT2D eigenvalue weighted by Gasteiger charge is 2.29. The van der Waals surface area contributed by atoms with Crippen LogP contribution in [0.25, 0.3) is 0 Å². The van der Waals surface area contributed by atoms with Crippen molar-refractivity contribution in [2.75, 3.05) is 6.54 Å². The van der Waals surface area contributed by atoms with E-state index in [1.165, 1.54) is 0 Å². The molecule has 0 saturated carbocycles. The molecule has 1 aromatic heterocycles. The van der Waals surface area contributed by atoms with E-state index < -0.39 is 0 Å². The van der Waals surface area contributed by atoms with E-state index in [4.69, 9.17) is 0 Å². The van der Waals surface area contributed by atoms with Crippen LogP contribution in [0.1, 0.15) is 26.5 Å². The zero-order chi connectivity index (χ0) is 11.1. The van der Waals surface area contributed by atoms with E-state index in [2.05, 4.69) is 9.55 Å². The molecule has 0 aliphatic carbocycles. The lowest BCUT2D eigenvalue weighted by Gasteiger charge is -2.33. The van der Waals surface area contributed by atoms with Crippen LogP contribution in [-0.4, -0.2) is 26.9 Å². The lowest BCUT2D eigenvalue weighted by atomic mass is 9.94. The Labute approximate surface area is 89.9 Å². The average Bonchev–Trinajstić information content (AvgIpc) is 2.61. The molecule has 0 bridgehead atoms.